The number of rotatable bonds is 6. The summed E-state index contributed by atoms with van der Waals surface area (Å²) in [4.78, 5) is 33.0. The summed E-state index contributed by atoms with van der Waals surface area (Å²) in [5.41, 5.74) is 0.801. The normalized spacial score (nSPS) is 32.9. The average molecular weight is 356 g/mol. The van der Waals surface area contributed by atoms with Crippen LogP contribution in [0, 0.1) is 17.8 Å². The lowest BCUT2D eigenvalue weighted by atomic mass is 9.53. The fourth-order valence-corrected chi connectivity index (χ4v) is 5.88. The molecule has 1 aromatic heterocycles. The molecule has 0 unspecified atom stereocenters. The molecule has 1 aromatic rings. The van der Waals surface area contributed by atoms with Gasteiger partial charge in [0.15, 0.2) is 0 Å². The van der Waals surface area contributed by atoms with Crippen LogP contribution in [0.1, 0.15) is 57.6 Å². The van der Waals surface area contributed by atoms with Crippen LogP contribution in [0.4, 0.5) is 0 Å². The molecular weight excluding hydrogens is 328 g/mol. The molecule has 6 heteroatoms. The summed E-state index contributed by atoms with van der Waals surface area (Å²) < 4.78 is 0. The Morgan fingerprint density at radius 1 is 1.12 bits per heavy atom. The quantitative estimate of drug-likeness (QED) is 0.764. The number of carbonyl (C=O) groups excluding carboxylic acids is 2. The van der Waals surface area contributed by atoms with E-state index in [-0.39, 0.29) is 29.8 Å². The van der Waals surface area contributed by atoms with Gasteiger partial charge in [0, 0.05) is 36.6 Å². The van der Waals surface area contributed by atoms with Gasteiger partial charge in [-0.25, -0.2) is 0 Å². The van der Waals surface area contributed by atoms with E-state index < -0.39 is 0 Å². The number of aromatic nitrogens is 2. The molecule has 2 N–H and O–H groups in total. The predicted octanol–water partition coefficient (Wildman–Crippen LogP) is 2.00. The van der Waals surface area contributed by atoms with E-state index in [1.807, 2.05) is 6.92 Å². The average Bonchev–Trinajstić information content (AvgIpc) is 2.53. The van der Waals surface area contributed by atoms with Gasteiger partial charge in [0.25, 0.3) is 0 Å². The largest absolute Gasteiger partial charge is 0.353 e. The molecule has 4 saturated carbocycles. The third-order valence-corrected chi connectivity index (χ3v) is 6.30. The van der Waals surface area contributed by atoms with Gasteiger partial charge in [0.05, 0.1) is 5.69 Å². The maximum Gasteiger partial charge on any atom is 0.229 e. The molecule has 4 aliphatic carbocycles. The molecule has 0 spiro atoms. The van der Waals surface area contributed by atoms with E-state index in [2.05, 4.69) is 20.6 Å². The van der Waals surface area contributed by atoms with Crippen molar-refractivity contribution in [1.82, 2.24) is 20.6 Å². The van der Waals surface area contributed by atoms with Crippen molar-refractivity contribution in [3.05, 3.63) is 24.3 Å². The van der Waals surface area contributed by atoms with Gasteiger partial charge in [-0.3, -0.25) is 19.6 Å². The van der Waals surface area contributed by atoms with Crippen molar-refractivity contribution in [1.29, 1.82) is 0 Å². The molecule has 5 rings (SSSR count). The summed E-state index contributed by atoms with van der Waals surface area (Å²) in [5, 5.41) is 6.16. The van der Waals surface area contributed by atoms with E-state index in [9.17, 15) is 9.59 Å². The van der Waals surface area contributed by atoms with Gasteiger partial charge in [-0.2, -0.15) is 0 Å². The zero-order valence-electron chi connectivity index (χ0n) is 15.4. The molecule has 1 atom stereocenters. The second-order valence-electron chi connectivity index (χ2n) is 8.79. The fraction of sp³-hybridized carbons (Fsp3) is 0.700. The van der Waals surface area contributed by atoms with Crippen LogP contribution in [-0.2, 0) is 16.0 Å². The second kappa shape index (κ2) is 6.97. The first-order chi connectivity index (χ1) is 12.5. The molecule has 4 bridgehead atoms. The third kappa shape index (κ3) is 3.89. The first-order valence-electron chi connectivity index (χ1n) is 9.85. The van der Waals surface area contributed by atoms with Crippen LogP contribution in [0.25, 0.3) is 0 Å². The molecule has 0 aliphatic heterocycles. The minimum absolute atomic E-state index is 0.0304. The summed E-state index contributed by atoms with van der Waals surface area (Å²) in [5.74, 6) is 1.99. The van der Waals surface area contributed by atoms with E-state index in [1.54, 1.807) is 18.6 Å². The van der Waals surface area contributed by atoms with Crippen molar-refractivity contribution >= 4 is 11.8 Å². The Kier molecular flexibility index (Phi) is 4.67. The SMILES string of the molecule is C[C@H](Cc1cnccn1)NC(=O)CC(=O)NC12CC3CC(CC(C3)C1)C2. The topological polar surface area (TPSA) is 84.0 Å². The summed E-state index contributed by atoms with van der Waals surface area (Å²) in [6, 6.07) is -0.0773. The molecule has 0 radical (unpaired) electrons. The molecule has 1 heterocycles. The Labute approximate surface area is 154 Å². The first-order valence-corrected chi connectivity index (χ1v) is 9.85. The standard InChI is InChI=1S/C20H28N4O2/c1-13(4-17-12-21-2-3-22-17)23-18(25)8-19(26)24-20-9-14-5-15(10-20)7-16(6-14)11-20/h2-3,12-16H,4-11H2,1H3,(H,23,25)(H,24,26)/t13-,14?,15?,16?,20?/m1/s1. The van der Waals surface area contributed by atoms with E-state index >= 15 is 0 Å². The van der Waals surface area contributed by atoms with Gasteiger partial charge < -0.3 is 10.6 Å². The maximum absolute atomic E-state index is 12.5. The molecule has 140 valence electrons. The van der Waals surface area contributed by atoms with E-state index in [0.29, 0.717) is 6.42 Å². The minimum atomic E-state index is -0.219. The van der Waals surface area contributed by atoms with Gasteiger partial charge >= 0.3 is 0 Å². The Balaban J connectivity index is 1.26. The molecule has 26 heavy (non-hydrogen) atoms. The highest BCUT2D eigenvalue weighted by molar-refractivity contribution is 5.97. The molecule has 4 aliphatic rings. The third-order valence-electron chi connectivity index (χ3n) is 6.30. The zero-order chi connectivity index (χ0) is 18.1. The highest BCUT2D eigenvalue weighted by Gasteiger charge is 2.51. The van der Waals surface area contributed by atoms with Crippen LogP contribution in [0.15, 0.2) is 18.6 Å². The van der Waals surface area contributed by atoms with E-state index in [4.69, 9.17) is 0 Å². The van der Waals surface area contributed by atoms with Crippen LogP contribution >= 0.6 is 0 Å². The molecule has 0 saturated heterocycles. The number of nitrogens with one attached hydrogen (secondary N) is 2. The summed E-state index contributed by atoms with van der Waals surface area (Å²) in [6.07, 6.45) is 12.8. The summed E-state index contributed by atoms with van der Waals surface area (Å²) in [7, 11) is 0. The highest BCUT2D eigenvalue weighted by Crippen LogP contribution is 2.55. The van der Waals surface area contributed by atoms with Crippen LogP contribution in [0.2, 0.25) is 0 Å². The van der Waals surface area contributed by atoms with Gasteiger partial charge in [-0.15, -0.1) is 0 Å². The minimum Gasteiger partial charge on any atom is -0.353 e. The van der Waals surface area contributed by atoms with Crippen molar-refractivity contribution in [2.24, 2.45) is 17.8 Å². The van der Waals surface area contributed by atoms with Crippen molar-refractivity contribution < 1.29 is 9.59 Å². The number of hydrogen-bond donors (Lipinski definition) is 2. The van der Waals surface area contributed by atoms with Gasteiger partial charge in [0.1, 0.15) is 6.42 Å². The first kappa shape index (κ1) is 17.4. The van der Waals surface area contributed by atoms with Crippen LogP contribution in [0.3, 0.4) is 0 Å². The Bertz CT molecular complexity index is 640. The Morgan fingerprint density at radius 3 is 2.35 bits per heavy atom. The molecule has 0 aromatic carbocycles. The number of carbonyl (C=O) groups is 2. The predicted molar refractivity (Wildman–Crippen MR) is 97.0 cm³/mol. The van der Waals surface area contributed by atoms with Crippen LogP contribution in [0.5, 0.6) is 0 Å². The van der Waals surface area contributed by atoms with Crippen LogP contribution in [-0.4, -0.2) is 33.4 Å². The van der Waals surface area contributed by atoms with Gasteiger partial charge in [0.2, 0.25) is 11.8 Å². The lowest BCUT2D eigenvalue weighted by Gasteiger charge is -2.56. The molecule has 2 amide bonds. The number of hydrogen-bond acceptors (Lipinski definition) is 4. The second-order valence-corrected chi connectivity index (χ2v) is 8.79. The molecular formula is C20H28N4O2. The van der Waals surface area contributed by atoms with Crippen molar-refractivity contribution in [2.45, 2.75) is 69.9 Å². The van der Waals surface area contributed by atoms with Crippen molar-refractivity contribution in [3.63, 3.8) is 0 Å². The van der Waals surface area contributed by atoms with E-state index in [1.165, 1.54) is 19.3 Å². The highest BCUT2D eigenvalue weighted by atomic mass is 16.2. The maximum atomic E-state index is 12.5. The monoisotopic (exact) mass is 356 g/mol. The fourth-order valence-electron chi connectivity index (χ4n) is 5.88. The van der Waals surface area contributed by atoms with Gasteiger partial charge in [-0.05, 0) is 63.2 Å². The molecule has 6 nitrogen and oxygen atoms in total. The number of nitrogens with zero attached hydrogens (tertiary/aromatic N) is 2. The van der Waals surface area contributed by atoms with Crippen molar-refractivity contribution in [3.8, 4) is 0 Å². The molecule has 4 fully saturated rings. The number of amides is 2. The lowest BCUT2D eigenvalue weighted by Crippen LogP contribution is -2.60. The van der Waals surface area contributed by atoms with Crippen molar-refractivity contribution in [2.75, 3.05) is 0 Å². The van der Waals surface area contributed by atoms with Crippen LogP contribution < -0.4 is 10.6 Å². The van der Waals surface area contributed by atoms with E-state index in [0.717, 1.165) is 42.7 Å². The zero-order valence-corrected chi connectivity index (χ0v) is 15.4. The smallest absolute Gasteiger partial charge is 0.229 e. The lowest BCUT2D eigenvalue weighted by molar-refractivity contribution is -0.132. The Morgan fingerprint density at radius 2 is 1.77 bits per heavy atom. The van der Waals surface area contributed by atoms with Gasteiger partial charge in [-0.1, -0.05) is 0 Å². The Hall–Kier alpha value is -1.98. The summed E-state index contributed by atoms with van der Waals surface area (Å²) >= 11 is 0. The summed E-state index contributed by atoms with van der Waals surface area (Å²) in [6.45, 7) is 1.92.